The molecule has 1 amide bonds. The molecule has 0 unspecified atom stereocenters. The van der Waals surface area contributed by atoms with Crippen LogP contribution in [0, 0.1) is 0 Å². The molecule has 5 nitrogen and oxygen atoms in total. The van der Waals surface area contributed by atoms with Gasteiger partial charge >= 0.3 is 0 Å². The third-order valence-electron chi connectivity index (χ3n) is 4.00. The summed E-state index contributed by atoms with van der Waals surface area (Å²) in [5.74, 6) is 2.11. The second-order valence-electron chi connectivity index (χ2n) is 5.69. The Labute approximate surface area is 141 Å². The standard InChI is InChI=1S/C19H21NO4/c1-22-17-7-5-13(10-18(17)23-2)11-19(21)20-15-6-8-16-14(12-15)4-3-9-24-16/h5-8,10,12H,3-4,9,11H2,1-2H3,(H,20,21). The molecule has 5 heteroatoms. The molecule has 0 fully saturated rings. The van der Waals surface area contributed by atoms with Crippen molar-refractivity contribution in [1.82, 2.24) is 0 Å². The Balaban J connectivity index is 1.67. The molecule has 2 aromatic rings. The maximum atomic E-state index is 12.3. The van der Waals surface area contributed by atoms with Crippen LogP contribution in [-0.2, 0) is 17.6 Å². The fourth-order valence-corrected chi connectivity index (χ4v) is 2.82. The van der Waals surface area contributed by atoms with Crippen molar-refractivity contribution in [3.8, 4) is 17.2 Å². The first-order valence-electron chi connectivity index (χ1n) is 7.96. The minimum atomic E-state index is -0.0705. The predicted molar refractivity (Wildman–Crippen MR) is 92.1 cm³/mol. The topological polar surface area (TPSA) is 56.8 Å². The normalized spacial score (nSPS) is 12.8. The van der Waals surface area contributed by atoms with Gasteiger partial charge in [0.15, 0.2) is 11.5 Å². The number of carbonyl (C=O) groups is 1. The lowest BCUT2D eigenvalue weighted by molar-refractivity contribution is -0.115. The monoisotopic (exact) mass is 327 g/mol. The van der Waals surface area contributed by atoms with Gasteiger partial charge in [-0.15, -0.1) is 0 Å². The average molecular weight is 327 g/mol. The zero-order chi connectivity index (χ0) is 16.9. The van der Waals surface area contributed by atoms with E-state index in [-0.39, 0.29) is 12.3 Å². The average Bonchev–Trinajstić information content (AvgIpc) is 2.61. The number of rotatable bonds is 5. The quantitative estimate of drug-likeness (QED) is 0.916. The van der Waals surface area contributed by atoms with E-state index in [1.807, 2.05) is 30.3 Å². The van der Waals surface area contributed by atoms with Gasteiger partial charge in [-0.1, -0.05) is 6.07 Å². The lowest BCUT2D eigenvalue weighted by Gasteiger charge is -2.18. The number of hydrogen-bond acceptors (Lipinski definition) is 4. The van der Waals surface area contributed by atoms with Crippen LogP contribution >= 0.6 is 0 Å². The molecular weight excluding hydrogens is 306 g/mol. The van der Waals surface area contributed by atoms with Crippen molar-refractivity contribution in [2.24, 2.45) is 0 Å². The van der Waals surface area contributed by atoms with E-state index in [9.17, 15) is 4.79 Å². The van der Waals surface area contributed by atoms with Crippen molar-refractivity contribution < 1.29 is 19.0 Å². The van der Waals surface area contributed by atoms with Gasteiger partial charge in [0.1, 0.15) is 5.75 Å². The molecule has 0 atom stereocenters. The van der Waals surface area contributed by atoms with Crippen molar-refractivity contribution in [3.63, 3.8) is 0 Å². The van der Waals surface area contributed by atoms with Crippen molar-refractivity contribution in [2.75, 3.05) is 26.1 Å². The molecular formula is C19H21NO4. The molecule has 1 N–H and O–H groups in total. The van der Waals surface area contributed by atoms with Gasteiger partial charge in [0.05, 0.1) is 27.2 Å². The number of benzene rings is 2. The summed E-state index contributed by atoms with van der Waals surface area (Å²) in [6.45, 7) is 0.762. The zero-order valence-corrected chi connectivity index (χ0v) is 13.9. The number of carbonyl (C=O) groups excluding carboxylic acids is 1. The highest BCUT2D eigenvalue weighted by molar-refractivity contribution is 5.92. The number of aryl methyl sites for hydroxylation is 1. The minimum Gasteiger partial charge on any atom is -0.493 e. The smallest absolute Gasteiger partial charge is 0.228 e. The van der Waals surface area contributed by atoms with Gasteiger partial charge in [-0.3, -0.25) is 4.79 Å². The third-order valence-corrected chi connectivity index (χ3v) is 4.00. The molecule has 2 aromatic carbocycles. The first-order chi connectivity index (χ1) is 11.7. The second kappa shape index (κ2) is 7.25. The highest BCUT2D eigenvalue weighted by Crippen LogP contribution is 2.29. The number of fused-ring (bicyclic) bond motifs is 1. The highest BCUT2D eigenvalue weighted by Gasteiger charge is 2.12. The molecule has 0 saturated heterocycles. The maximum absolute atomic E-state index is 12.3. The van der Waals surface area contributed by atoms with E-state index in [1.54, 1.807) is 20.3 Å². The first kappa shape index (κ1) is 16.2. The minimum absolute atomic E-state index is 0.0705. The van der Waals surface area contributed by atoms with Gasteiger partial charge in [0.25, 0.3) is 0 Å². The second-order valence-corrected chi connectivity index (χ2v) is 5.69. The Morgan fingerprint density at radius 3 is 2.75 bits per heavy atom. The lowest BCUT2D eigenvalue weighted by atomic mass is 10.1. The van der Waals surface area contributed by atoms with Crippen LogP contribution in [0.25, 0.3) is 0 Å². The summed E-state index contributed by atoms with van der Waals surface area (Å²) < 4.78 is 16.1. The molecule has 3 rings (SSSR count). The maximum Gasteiger partial charge on any atom is 0.228 e. The van der Waals surface area contributed by atoms with Crippen molar-refractivity contribution in [2.45, 2.75) is 19.3 Å². The molecule has 0 radical (unpaired) electrons. The number of amides is 1. The Bertz CT molecular complexity index is 699. The van der Waals surface area contributed by atoms with Gasteiger partial charge in [-0.05, 0) is 54.3 Å². The molecule has 1 heterocycles. The van der Waals surface area contributed by atoms with E-state index in [4.69, 9.17) is 14.2 Å². The number of nitrogens with one attached hydrogen (secondary N) is 1. The molecule has 1 aliphatic rings. The van der Waals surface area contributed by atoms with Crippen LogP contribution in [0.2, 0.25) is 0 Å². The Hall–Kier alpha value is -2.69. The number of ether oxygens (including phenoxy) is 3. The van der Waals surface area contributed by atoms with Crippen LogP contribution in [0.1, 0.15) is 17.5 Å². The van der Waals surface area contributed by atoms with E-state index in [1.165, 1.54) is 0 Å². The third kappa shape index (κ3) is 3.62. The largest absolute Gasteiger partial charge is 0.493 e. The first-order valence-corrected chi connectivity index (χ1v) is 7.96. The summed E-state index contributed by atoms with van der Waals surface area (Å²) in [4.78, 5) is 12.3. The SMILES string of the molecule is COc1ccc(CC(=O)Nc2ccc3c(c2)CCCO3)cc1OC. The van der Waals surface area contributed by atoms with Crippen molar-refractivity contribution in [3.05, 3.63) is 47.5 Å². The van der Waals surface area contributed by atoms with Crippen LogP contribution in [-0.4, -0.2) is 26.7 Å². The van der Waals surface area contributed by atoms with Crippen LogP contribution in [0.4, 0.5) is 5.69 Å². The fourth-order valence-electron chi connectivity index (χ4n) is 2.82. The molecule has 0 saturated carbocycles. The van der Waals surface area contributed by atoms with Gasteiger partial charge < -0.3 is 19.5 Å². The Morgan fingerprint density at radius 2 is 1.96 bits per heavy atom. The molecule has 24 heavy (non-hydrogen) atoms. The number of methoxy groups -OCH3 is 2. The molecule has 1 aliphatic heterocycles. The summed E-state index contributed by atoms with van der Waals surface area (Å²) in [5, 5.41) is 2.94. The van der Waals surface area contributed by atoms with Gasteiger partial charge in [0, 0.05) is 5.69 Å². The molecule has 0 bridgehead atoms. The van der Waals surface area contributed by atoms with Crippen molar-refractivity contribution >= 4 is 11.6 Å². The number of anilines is 1. The number of hydrogen-bond donors (Lipinski definition) is 1. The summed E-state index contributed by atoms with van der Waals surface area (Å²) >= 11 is 0. The summed E-state index contributed by atoms with van der Waals surface area (Å²) in [5.41, 5.74) is 2.81. The molecule has 126 valence electrons. The highest BCUT2D eigenvalue weighted by atomic mass is 16.5. The van der Waals surface area contributed by atoms with E-state index in [2.05, 4.69) is 5.32 Å². The van der Waals surface area contributed by atoms with Crippen LogP contribution in [0.5, 0.6) is 17.2 Å². The van der Waals surface area contributed by atoms with E-state index >= 15 is 0 Å². The summed E-state index contributed by atoms with van der Waals surface area (Å²) in [6.07, 6.45) is 2.26. The predicted octanol–water partition coefficient (Wildman–Crippen LogP) is 3.21. The Morgan fingerprint density at radius 1 is 1.12 bits per heavy atom. The van der Waals surface area contributed by atoms with Crippen LogP contribution in [0.3, 0.4) is 0 Å². The van der Waals surface area contributed by atoms with Gasteiger partial charge in [-0.2, -0.15) is 0 Å². The Kier molecular flexibility index (Phi) is 4.89. The van der Waals surface area contributed by atoms with Gasteiger partial charge in [-0.25, -0.2) is 0 Å². The van der Waals surface area contributed by atoms with E-state index in [0.29, 0.717) is 11.5 Å². The van der Waals surface area contributed by atoms with Crippen LogP contribution in [0.15, 0.2) is 36.4 Å². The molecule has 0 aromatic heterocycles. The molecule has 0 aliphatic carbocycles. The van der Waals surface area contributed by atoms with Gasteiger partial charge in [0.2, 0.25) is 5.91 Å². The van der Waals surface area contributed by atoms with Crippen molar-refractivity contribution in [1.29, 1.82) is 0 Å². The van der Waals surface area contributed by atoms with Crippen LogP contribution < -0.4 is 19.5 Å². The zero-order valence-electron chi connectivity index (χ0n) is 13.9. The van der Waals surface area contributed by atoms with E-state index < -0.39 is 0 Å². The molecule has 0 spiro atoms. The summed E-state index contributed by atoms with van der Waals surface area (Å²) in [6, 6.07) is 11.3. The summed E-state index contributed by atoms with van der Waals surface area (Å²) in [7, 11) is 3.17. The van der Waals surface area contributed by atoms with E-state index in [0.717, 1.165) is 42.0 Å². The fraction of sp³-hybridized carbons (Fsp3) is 0.316. The lowest BCUT2D eigenvalue weighted by Crippen LogP contribution is -2.15.